The van der Waals surface area contributed by atoms with E-state index in [4.69, 9.17) is 0 Å². The summed E-state index contributed by atoms with van der Waals surface area (Å²) < 4.78 is 0. The largest absolute Gasteiger partial charge is 0.353 e. The lowest BCUT2D eigenvalue weighted by Crippen LogP contribution is -2.35. The van der Waals surface area contributed by atoms with Crippen molar-refractivity contribution in [3.63, 3.8) is 0 Å². The van der Waals surface area contributed by atoms with Crippen LogP contribution in [0.2, 0.25) is 0 Å². The Bertz CT molecular complexity index is 413. The second-order valence-corrected chi connectivity index (χ2v) is 5.78. The summed E-state index contributed by atoms with van der Waals surface area (Å²) in [6.07, 6.45) is 1.37. The zero-order valence-electron chi connectivity index (χ0n) is 10.1. The molecule has 1 heterocycles. The van der Waals surface area contributed by atoms with E-state index in [-0.39, 0.29) is 23.7 Å². The van der Waals surface area contributed by atoms with Crippen molar-refractivity contribution in [2.75, 3.05) is 0 Å². The van der Waals surface area contributed by atoms with E-state index in [1.807, 2.05) is 24.4 Å². The Morgan fingerprint density at radius 2 is 2.29 bits per heavy atom. The summed E-state index contributed by atoms with van der Waals surface area (Å²) >= 11 is 1.45. The highest BCUT2D eigenvalue weighted by molar-refractivity contribution is 7.12. The molecule has 0 bridgehead atoms. The van der Waals surface area contributed by atoms with Crippen LogP contribution in [-0.4, -0.2) is 17.7 Å². The molecule has 1 aliphatic rings. The normalized spacial score (nSPS) is 24.1. The first kappa shape index (κ1) is 12.3. The van der Waals surface area contributed by atoms with Crippen LogP contribution >= 0.6 is 11.3 Å². The van der Waals surface area contributed by atoms with Crippen molar-refractivity contribution in [2.45, 2.75) is 32.7 Å². The number of thiophene rings is 1. The van der Waals surface area contributed by atoms with Crippen molar-refractivity contribution < 1.29 is 9.59 Å². The van der Waals surface area contributed by atoms with E-state index in [1.165, 1.54) is 11.3 Å². The number of rotatable bonds is 5. The highest BCUT2D eigenvalue weighted by atomic mass is 32.1. The fourth-order valence-electron chi connectivity index (χ4n) is 1.90. The Balaban J connectivity index is 1.79. The Morgan fingerprint density at radius 1 is 1.59 bits per heavy atom. The first-order chi connectivity index (χ1) is 8.08. The first-order valence-electron chi connectivity index (χ1n) is 5.95. The van der Waals surface area contributed by atoms with Crippen LogP contribution in [0.3, 0.4) is 0 Å². The summed E-state index contributed by atoms with van der Waals surface area (Å²) in [5.74, 6) is 0.894. The third kappa shape index (κ3) is 3.16. The van der Waals surface area contributed by atoms with E-state index in [9.17, 15) is 9.59 Å². The molecule has 1 amide bonds. The summed E-state index contributed by atoms with van der Waals surface area (Å²) in [4.78, 5) is 24.3. The van der Waals surface area contributed by atoms with Gasteiger partial charge in [-0.2, -0.15) is 0 Å². The smallest absolute Gasteiger partial charge is 0.223 e. The number of carbonyl (C=O) groups excluding carboxylic acids is 2. The number of nitrogens with one attached hydrogen (secondary N) is 1. The van der Waals surface area contributed by atoms with Crippen molar-refractivity contribution in [2.24, 2.45) is 11.8 Å². The van der Waals surface area contributed by atoms with Crippen LogP contribution in [0.15, 0.2) is 17.5 Å². The van der Waals surface area contributed by atoms with E-state index in [0.29, 0.717) is 12.3 Å². The van der Waals surface area contributed by atoms with Gasteiger partial charge in [-0.25, -0.2) is 0 Å². The van der Waals surface area contributed by atoms with Crippen LogP contribution < -0.4 is 5.32 Å². The molecule has 1 aromatic heterocycles. The average Bonchev–Trinajstić information content (AvgIpc) is 2.81. The molecule has 3 atom stereocenters. The molecule has 0 aliphatic heterocycles. The summed E-state index contributed by atoms with van der Waals surface area (Å²) in [6, 6.07) is 3.61. The monoisotopic (exact) mass is 251 g/mol. The number of ketones is 1. The number of amides is 1. The summed E-state index contributed by atoms with van der Waals surface area (Å²) in [5, 5.41) is 4.80. The van der Waals surface area contributed by atoms with Gasteiger partial charge in [-0.05, 0) is 30.7 Å². The van der Waals surface area contributed by atoms with Gasteiger partial charge < -0.3 is 5.32 Å². The van der Waals surface area contributed by atoms with Crippen molar-refractivity contribution in [3.05, 3.63) is 22.4 Å². The Labute approximate surface area is 105 Å². The van der Waals surface area contributed by atoms with E-state index in [1.54, 1.807) is 0 Å². The molecular formula is C13H17NO2S. The third-order valence-corrected chi connectivity index (χ3v) is 4.03. The highest BCUT2D eigenvalue weighted by Crippen LogP contribution is 2.37. The molecule has 0 saturated heterocycles. The van der Waals surface area contributed by atoms with Gasteiger partial charge in [0.25, 0.3) is 0 Å². The molecule has 0 spiro atoms. The molecule has 1 fully saturated rings. The Morgan fingerprint density at radius 3 is 2.82 bits per heavy atom. The quantitative estimate of drug-likeness (QED) is 0.817. The zero-order valence-corrected chi connectivity index (χ0v) is 10.9. The molecule has 17 heavy (non-hydrogen) atoms. The van der Waals surface area contributed by atoms with Crippen LogP contribution in [0.4, 0.5) is 0 Å². The van der Waals surface area contributed by atoms with E-state index < -0.39 is 0 Å². The molecular weight excluding hydrogens is 234 g/mol. The lowest BCUT2D eigenvalue weighted by atomic mass is 10.1. The Hall–Kier alpha value is -1.16. The minimum Gasteiger partial charge on any atom is -0.353 e. The topological polar surface area (TPSA) is 46.2 Å². The van der Waals surface area contributed by atoms with Gasteiger partial charge in [0, 0.05) is 18.4 Å². The van der Waals surface area contributed by atoms with Crippen molar-refractivity contribution in [3.8, 4) is 0 Å². The molecule has 1 aromatic rings. The second-order valence-electron chi connectivity index (χ2n) is 4.83. The van der Waals surface area contributed by atoms with Crippen LogP contribution in [0.1, 0.15) is 36.4 Å². The SMILES string of the molecule is C[C@H](CC(=O)c1cccs1)NC(=O)[C@H]1C[C@@H]1C. The maximum atomic E-state index is 11.8. The zero-order chi connectivity index (χ0) is 12.4. The molecule has 0 radical (unpaired) electrons. The fraction of sp³-hybridized carbons (Fsp3) is 0.538. The van der Waals surface area contributed by atoms with Gasteiger partial charge in [-0.1, -0.05) is 13.0 Å². The van der Waals surface area contributed by atoms with Crippen molar-refractivity contribution >= 4 is 23.0 Å². The maximum absolute atomic E-state index is 11.8. The van der Waals surface area contributed by atoms with Gasteiger partial charge in [0.1, 0.15) is 0 Å². The van der Waals surface area contributed by atoms with Crippen molar-refractivity contribution in [1.29, 1.82) is 0 Å². The number of hydrogen-bond donors (Lipinski definition) is 1. The molecule has 1 aliphatic carbocycles. The molecule has 1 N–H and O–H groups in total. The Kier molecular flexibility index (Phi) is 3.62. The fourth-order valence-corrected chi connectivity index (χ4v) is 2.58. The van der Waals surface area contributed by atoms with Gasteiger partial charge in [0.05, 0.1) is 4.88 Å². The average molecular weight is 251 g/mol. The van der Waals surface area contributed by atoms with Crippen molar-refractivity contribution in [1.82, 2.24) is 5.32 Å². The van der Waals surface area contributed by atoms with Gasteiger partial charge in [-0.3, -0.25) is 9.59 Å². The van der Waals surface area contributed by atoms with E-state index in [0.717, 1.165) is 11.3 Å². The predicted octanol–water partition coefficient (Wildman–Crippen LogP) is 2.48. The molecule has 4 heteroatoms. The van der Waals surface area contributed by atoms with Crippen LogP contribution in [-0.2, 0) is 4.79 Å². The van der Waals surface area contributed by atoms with Crippen LogP contribution in [0.5, 0.6) is 0 Å². The molecule has 92 valence electrons. The third-order valence-electron chi connectivity index (χ3n) is 3.12. The van der Waals surface area contributed by atoms with Crippen LogP contribution in [0.25, 0.3) is 0 Å². The first-order valence-corrected chi connectivity index (χ1v) is 6.83. The predicted molar refractivity (Wildman–Crippen MR) is 68.1 cm³/mol. The molecule has 1 saturated carbocycles. The van der Waals surface area contributed by atoms with Gasteiger partial charge in [-0.15, -0.1) is 11.3 Å². The van der Waals surface area contributed by atoms with Crippen LogP contribution in [0, 0.1) is 11.8 Å². The van der Waals surface area contributed by atoms with Gasteiger partial charge >= 0.3 is 0 Å². The molecule has 3 nitrogen and oxygen atoms in total. The minimum absolute atomic E-state index is 0.0788. The lowest BCUT2D eigenvalue weighted by molar-refractivity contribution is -0.123. The summed E-state index contributed by atoms with van der Waals surface area (Å²) in [6.45, 7) is 3.96. The molecule has 2 rings (SSSR count). The summed E-state index contributed by atoms with van der Waals surface area (Å²) in [7, 11) is 0. The highest BCUT2D eigenvalue weighted by Gasteiger charge is 2.39. The summed E-state index contributed by atoms with van der Waals surface area (Å²) in [5.41, 5.74) is 0. The maximum Gasteiger partial charge on any atom is 0.223 e. The second kappa shape index (κ2) is 5.00. The number of carbonyl (C=O) groups is 2. The van der Waals surface area contributed by atoms with Gasteiger partial charge in [0.2, 0.25) is 5.91 Å². The number of hydrogen-bond acceptors (Lipinski definition) is 3. The molecule has 0 unspecified atom stereocenters. The lowest BCUT2D eigenvalue weighted by Gasteiger charge is -2.12. The standard InChI is InChI=1S/C13H17NO2S/c1-8-6-10(8)13(16)14-9(2)7-11(15)12-4-3-5-17-12/h3-5,8-10H,6-7H2,1-2H3,(H,14,16)/t8-,9+,10-/m0/s1. The van der Waals surface area contributed by atoms with E-state index in [2.05, 4.69) is 12.2 Å². The van der Waals surface area contributed by atoms with E-state index >= 15 is 0 Å². The molecule has 0 aromatic carbocycles. The minimum atomic E-state index is -0.0788. The number of Topliss-reactive ketones (excluding diaryl/α,β-unsaturated/α-hetero) is 1. The van der Waals surface area contributed by atoms with Gasteiger partial charge in [0.15, 0.2) is 5.78 Å².